The molecule has 0 bridgehead atoms. The Morgan fingerprint density at radius 1 is 1.10 bits per heavy atom. The highest BCUT2D eigenvalue weighted by Crippen LogP contribution is 2.54. The van der Waals surface area contributed by atoms with Crippen LogP contribution in [0.4, 0.5) is 5.69 Å². The van der Waals surface area contributed by atoms with Crippen LogP contribution in [0.2, 0.25) is 0 Å². The molecule has 4 aromatic rings. The summed E-state index contributed by atoms with van der Waals surface area (Å²) in [7, 11) is 2.13. The molecular formula is C37H41N9O4. The molecule has 9 rings (SSSR count). The summed E-state index contributed by atoms with van der Waals surface area (Å²) in [5, 5.41) is 19.6. The molecule has 2 fully saturated rings. The molecule has 50 heavy (non-hydrogen) atoms. The third kappa shape index (κ3) is 4.83. The number of aromatic nitrogens is 5. The number of nitrogen functional groups attached to an aromatic ring is 1. The number of nitriles is 1. The maximum absolute atomic E-state index is 13.6. The molecule has 258 valence electrons. The van der Waals surface area contributed by atoms with Gasteiger partial charge in [-0.2, -0.15) is 15.3 Å². The third-order valence-electron chi connectivity index (χ3n) is 11.8. The average molecular weight is 676 g/mol. The van der Waals surface area contributed by atoms with Crippen molar-refractivity contribution < 1.29 is 18.8 Å². The summed E-state index contributed by atoms with van der Waals surface area (Å²) in [5.41, 5.74) is 11.8. The van der Waals surface area contributed by atoms with Gasteiger partial charge in [-0.15, -0.1) is 0 Å². The van der Waals surface area contributed by atoms with E-state index in [0.717, 1.165) is 85.9 Å². The highest BCUT2D eigenvalue weighted by atomic mass is 16.5. The minimum absolute atomic E-state index is 0.0748. The smallest absolute Gasteiger partial charge is 0.274 e. The Hall–Kier alpha value is -4.80. The SMILES string of the molecule is C[C@H](Oc1cc(-n2cc3c(n2)C(=O)N([C@H]2CCOC2)CC3)nc(-c2noc3c2CCC[C@@]32CCc3ccc(N)c(C#N)c32)n1)[C@@H]1CCCN1C. The number of benzene rings is 1. The molecule has 1 amide bonds. The number of aryl methyl sites for hydroxylation is 1. The Labute approximate surface area is 290 Å². The van der Waals surface area contributed by atoms with Gasteiger partial charge in [-0.1, -0.05) is 11.2 Å². The number of nitrogens with two attached hydrogens (primary N) is 1. The van der Waals surface area contributed by atoms with Crippen LogP contribution in [0, 0.1) is 11.3 Å². The van der Waals surface area contributed by atoms with Crippen molar-refractivity contribution in [1.82, 2.24) is 34.7 Å². The normalized spacial score (nSPS) is 25.1. The van der Waals surface area contributed by atoms with Crippen LogP contribution in [0.5, 0.6) is 5.88 Å². The minimum atomic E-state index is -0.481. The van der Waals surface area contributed by atoms with E-state index in [9.17, 15) is 10.1 Å². The average Bonchev–Trinajstić information content (AvgIpc) is 3.96. The molecule has 13 nitrogen and oxygen atoms in total. The predicted molar refractivity (Wildman–Crippen MR) is 182 cm³/mol. The van der Waals surface area contributed by atoms with Gasteiger partial charge < -0.3 is 24.6 Å². The first-order valence-corrected chi connectivity index (χ1v) is 17.9. The highest BCUT2D eigenvalue weighted by molar-refractivity contribution is 5.95. The van der Waals surface area contributed by atoms with Crippen LogP contribution < -0.4 is 10.5 Å². The van der Waals surface area contributed by atoms with Crippen LogP contribution in [0.25, 0.3) is 17.3 Å². The molecule has 5 aliphatic rings. The molecule has 0 saturated carbocycles. The van der Waals surface area contributed by atoms with Crippen LogP contribution in [-0.4, -0.2) is 92.2 Å². The second-order valence-corrected chi connectivity index (χ2v) is 14.6. The number of likely N-dealkylation sites (N-methyl/N-ethyl adjacent to an activating group) is 1. The lowest BCUT2D eigenvalue weighted by atomic mass is 9.68. The molecule has 3 aliphatic heterocycles. The van der Waals surface area contributed by atoms with E-state index >= 15 is 0 Å². The van der Waals surface area contributed by atoms with Gasteiger partial charge in [0, 0.05) is 48.3 Å². The van der Waals surface area contributed by atoms with Crippen LogP contribution in [0.3, 0.4) is 0 Å². The Morgan fingerprint density at radius 2 is 2.00 bits per heavy atom. The van der Waals surface area contributed by atoms with Gasteiger partial charge in [0.15, 0.2) is 28.8 Å². The lowest BCUT2D eigenvalue weighted by Gasteiger charge is -2.33. The molecule has 6 heterocycles. The number of hydrogen-bond donors (Lipinski definition) is 1. The Kier molecular flexibility index (Phi) is 7.44. The van der Waals surface area contributed by atoms with E-state index in [1.807, 2.05) is 23.2 Å². The number of hydrogen-bond acceptors (Lipinski definition) is 11. The number of ether oxygens (including phenoxy) is 2. The van der Waals surface area contributed by atoms with Crippen LogP contribution in [0.1, 0.15) is 89.5 Å². The van der Waals surface area contributed by atoms with Crippen molar-refractivity contribution in [2.45, 2.75) is 88.3 Å². The molecule has 1 spiro atoms. The Balaban J connectivity index is 1.13. The van der Waals surface area contributed by atoms with Gasteiger partial charge in [0.1, 0.15) is 12.2 Å². The van der Waals surface area contributed by atoms with Gasteiger partial charge in [0.2, 0.25) is 5.88 Å². The second-order valence-electron chi connectivity index (χ2n) is 14.6. The van der Waals surface area contributed by atoms with Gasteiger partial charge in [-0.25, -0.2) is 9.67 Å². The zero-order valence-corrected chi connectivity index (χ0v) is 28.5. The first-order valence-electron chi connectivity index (χ1n) is 17.9. The largest absolute Gasteiger partial charge is 0.473 e. The quantitative estimate of drug-likeness (QED) is 0.294. The number of anilines is 1. The summed E-state index contributed by atoms with van der Waals surface area (Å²) in [6, 6.07) is 8.39. The zero-order chi connectivity index (χ0) is 34.1. The summed E-state index contributed by atoms with van der Waals surface area (Å²) in [6.07, 6.45) is 9.65. The van der Waals surface area contributed by atoms with E-state index in [-0.39, 0.29) is 24.1 Å². The third-order valence-corrected chi connectivity index (χ3v) is 11.8. The van der Waals surface area contributed by atoms with Crippen molar-refractivity contribution in [3.05, 3.63) is 63.7 Å². The van der Waals surface area contributed by atoms with E-state index in [2.05, 4.69) is 30.1 Å². The molecule has 2 aliphatic carbocycles. The van der Waals surface area contributed by atoms with E-state index in [1.165, 1.54) is 0 Å². The number of amides is 1. The fraction of sp³-hybridized carbons (Fsp3) is 0.514. The number of carbonyl (C=O) groups excluding carboxylic acids is 1. The van der Waals surface area contributed by atoms with Crippen molar-refractivity contribution in [2.24, 2.45) is 0 Å². The Morgan fingerprint density at radius 3 is 2.80 bits per heavy atom. The van der Waals surface area contributed by atoms with Crippen molar-refractivity contribution in [1.29, 1.82) is 5.26 Å². The first-order chi connectivity index (χ1) is 24.3. The first kappa shape index (κ1) is 31.2. The fourth-order valence-corrected chi connectivity index (χ4v) is 9.24. The molecule has 2 saturated heterocycles. The zero-order valence-electron chi connectivity index (χ0n) is 28.5. The van der Waals surface area contributed by atoms with Crippen LogP contribution >= 0.6 is 0 Å². The molecule has 0 unspecified atom stereocenters. The number of carbonyl (C=O) groups is 1. The van der Waals surface area contributed by atoms with E-state index in [0.29, 0.717) is 66.3 Å². The lowest BCUT2D eigenvalue weighted by Crippen LogP contribution is -2.45. The number of rotatable bonds is 6. The maximum atomic E-state index is 13.6. The summed E-state index contributed by atoms with van der Waals surface area (Å²) >= 11 is 0. The predicted octanol–water partition coefficient (Wildman–Crippen LogP) is 3.99. The van der Waals surface area contributed by atoms with Gasteiger partial charge in [-0.3, -0.25) is 9.69 Å². The van der Waals surface area contributed by atoms with Crippen LogP contribution in [-0.2, 0) is 29.4 Å². The van der Waals surface area contributed by atoms with Gasteiger partial charge in [0.25, 0.3) is 5.91 Å². The summed E-state index contributed by atoms with van der Waals surface area (Å²) in [6.45, 7) is 4.98. The topological polar surface area (TPSA) is 161 Å². The summed E-state index contributed by atoms with van der Waals surface area (Å²) < 4.78 is 20.1. The summed E-state index contributed by atoms with van der Waals surface area (Å²) in [4.78, 5) is 27.8. The highest BCUT2D eigenvalue weighted by Gasteiger charge is 2.49. The fourth-order valence-electron chi connectivity index (χ4n) is 9.24. The number of fused-ring (bicyclic) bond motifs is 5. The molecule has 1 aromatic carbocycles. The molecule has 2 N–H and O–H groups in total. The lowest BCUT2D eigenvalue weighted by molar-refractivity contribution is 0.0629. The van der Waals surface area contributed by atoms with E-state index < -0.39 is 5.41 Å². The molecular weight excluding hydrogens is 634 g/mol. The van der Waals surface area contributed by atoms with Crippen LogP contribution in [0.15, 0.2) is 28.9 Å². The Bertz CT molecular complexity index is 2040. The second kappa shape index (κ2) is 11.9. The van der Waals surface area contributed by atoms with Crippen molar-refractivity contribution in [3.63, 3.8) is 0 Å². The van der Waals surface area contributed by atoms with Gasteiger partial charge in [-0.05, 0) is 95.5 Å². The molecule has 0 radical (unpaired) electrons. The standard InChI is InChI=1S/C37H41N9O4/c1-21(28-6-4-14-44(28)2)49-30-17-29(46-19-23-10-15-45(24-11-16-48-20-24)36(47)32(23)42-46)40-35(41-30)33-25-5-3-12-37(34(25)50-43-33)13-9-22-7-8-27(39)26(18-38)31(22)37/h7-8,17,19,21,24,28H,3-6,9-16,20,39H2,1-2H3/t21-,24-,28-,37-/m0/s1. The van der Waals surface area contributed by atoms with Crippen molar-refractivity contribution in [3.8, 4) is 29.3 Å². The van der Waals surface area contributed by atoms with E-state index in [1.54, 1.807) is 10.7 Å². The maximum Gasteiger partial charge on any atom is 0.274 e. The molecule has 13 heteroatoms. The van der Waals surface area contributed by atoms with Crippen molar-refractivity contribution in [2.75, 3.05) is 39.1 Å². The number of likely N-dealkylation sites (tertiary alicyclic amines) is 1. The van der Waals surface area contributed by atoms with E-state index in [4.69, 9.17) is 34.8 Å². The van der Waals surface area contributed by atoms with Crippen molar-refractivity contribution >= 4 is 11.6 Å². The van der Waals surface area contributed by atoms with Gasteiger partial charge >= 0.3 is 0 Å². The van der Waals surface area contributed by atoms with Gasteiger partial charge in [0.05, 0.1) is 23.6 Å². The number of nitrogens with zero attached hydrogens (tertiary/aromatic N) is 8. The molecule has 3 aromatic heterocycles. The monoisotopic (exact) mass is 675 g/mol. The minimum Gasteiger partial charge on any atom is -0.473 e. The molecule has 4 atom stereocenters. The summed E-state index contributed by atoms with van der Waals surface area (Å²) in [5.74, 6) is 1.98.